The molecule has 0 aliphatic heterocycles. The quantitative estimate of drug-likeness (QED) is 0.690. The predicted octanol–water partition coefficient (Wildman–Crippen LogP) is 3.81. The summed E-state index contributed by atoms with van der Waals surface area (Å²) in [5, 5.41) is 7.88. The Kier molecular flexibility index (Phi) is 4.10. The Hall–Kier alpha value is -3.08. The largest absolute Gasteiger partial charge is 0.402 e. The number of aromatic nitrogens is 2. The van der Waals surface area contributed by atoms with Crippen molar-refractivity contribution in [2.24, 2.45) is 0 Å². The molecule has 114 valence electrons. The van der Waals surface area contributed by atoms with E-state index in [1.807, 2.05) is 31.2 Å². The van der Waals surface area contributed by atoms with Gasteiger partial charge in [0.15, 0.2) is 0 Å². The van der Waals surface area contributed by atoms with E-state index >= 15 is 0 Å². The van der Waals surface area contributed by atoms with Crippen LogP contribution < -0.4 is 4.74 Å². The summed E-state index contributed by atoms with van der Waals surface area (Å²) in [6.07, 6.45) is 0. The van der Waals surface area contributed by atoms with Gasteiger partial charge in [0.25, 0.3) is 0 Å². The second-order valence-electron chi connectivity index (χ2n) is 4.99. The molecular formula is C18H13FN2O2. The van der Waals surface area contributed by atoms with E-state index in [2.05, 4.69) is 10.2 Å². The summed E-state index contributed by atoms with van der Waals surface area (Å²) in [4.78, 5) is 11.9. The Bertz CT molecular complexity index is 830. The van der Waals surface area contributed by atoms with Gasteiger partial charge in [-0.15, -0.1) is 10.2 Å². The lowest BCUT2D eigenvalue weighted by Gasteiger charge is -2.05. The highest BCUT2D eigenvalue weighted by atomic mass is 19.1. The van der Waals surface area contributed by atoms with Crippen molar-refractivity contribution in [1.82, 2.24) is 10.2 Å². The molecule has 0 amide bonds. The van der Waals surface area contributed by atoms with Gasteiger partial charge < -0.3 is 4.74 Å². The number of rotatable bonds is 3. The highest BCUT2D eigenvalue weighted by Gasteiger charge is 2.14. The van der Waals surface area contributed by atoms with E-state index in [9.17, 15) is 9.18 Å². The number of halogens is 1. The molecule has 5 heteroatoms. The highest BCUT2D eigenvalue weighted by Crippen LogP contribution is 2.19. The van der Waals surface area contributed by atoms with Gasteiger partial charge in [-0.05, 0) is 25.1 Å². The van der Waals surface area contributed by atoms with Crippen LogP contribution in [0.1, 0.15) is 15.9 Å². The molecule has 0 aliphatic carbocycles. The molecule has 0 radical (unpaired) electrons. The van der Waals surface area contributed by atoms with Gasteiger partial charge in [-0.25, -0.2) is 9.18 Å². The molecule has 0 aliphatic rings. The number of carbonyl (C=O) groups excluding carboxylic acids is 1. The van der Waals surface area contributed by atoms with Crippen molar-refractivity contribution in [3.05, 3.63) is 77.6 Å². The monoisotopic (exact) mass is 308 g/mol. The SMILES string of the molecule is Cc1ccc(-c2ccc(OC(=O)c3ccccc3F)nn2)cc1. The third-order valence-electron chi connectivity index (χ3n) is 3.28. The summed E-state index contributed by atoms with van der Waals surface area (Å²) in [7, 11) is 0. The number of hydrogen-bond donors (Lipinski definition) is 0. The average molecular weight is 308 g/mol. The molecule has 0 spiro atoms. The fraction of sp³-hybridized carbons (Fsp3) is 0.0556. The number of ether oxygens (including phenoxy) is 1. The lowest BCUT2D eigenvalue weighted by molar-refractivity contribution is 0.0721. The topological polar surface area (TPSA) is 52.1 Å². The minimum Gasteiger partial charge on any atom is -0.402 e. The first-order chi connectivity index (χ1) is 11.1. The van der Waals surface area contributed by atoms with Crippen LogP contribution in [0.4, 0.5) is 4.39 Å². The van der Waals surface area contributed by atoms with E-state index in [0.717, 1.165) is 11.1 Å². The Balaban J connectivity index is 1.76. The molecule has 2 aromatic carbocycles. The summed E-state index contributed by atoms with van der Waals surface area (Å²) in [6, 6.07) is 16.7. The summed E-state index contributed by atoms with van der Waals surface area (Å²) in [6.45, 7) is 2.00. The van der Waals surface area contributed by atoms with Crippen LogP contribution in [0.5, 0.6) is 5.88 Å². The lowest BCUT2D eigenvalue weighted by Crippen LogP contribution is -2.11. The second-order valence-corrected chi connectivity index (χ2v) is 4.99. The van der Waals surface area contributed by atoms with E-state index in [4.69, 9.17) is 4.74 Å². The van der Waals surface area contributed by atoms with Gasteiger partial charge >= 0.3 is 5.97 Å². The molecule has 3 aromatic rings. The maximum atomic E-state index is 13.5. The van der Waals surface area contributed by atoms with Gasteiger partial charge in [0, 0.05) is 11.6 Å². The standard InChI is InChI=1S/C18H13FN2O2/c1-12-6-8-13(9-7-12)16-10-11-17(21-20-16)23-18(22)14-4-2-3-5-15(14)19/h2-11H,1H3. The van der Waals surface area contributed by atoms with Crippen LogP contribution >= 0.6 is 0 Å². The number of benzene rings is 2. The molecule has 0 fully saturated rings. The number of esters is 1. The van der Waals surface area contributed by atoms with Crippen molar-refractivity contribution in [1.29, 1.82) is 0 Å². The van der Waals surface area contributed by atoms with Crippen LogP contribution in [0.3, 0.4) is 0 Å². The highest BCUT2D eigenvalue weighted by molar-refractivity contribution is 5.91. The maximum Gasteiger partial charge on any atom is 0.347 e. The first-order valence-corrected chi connectivity index (χ1v) is 7.01. The van der Waals surface area contributed by atoms with Crippen LogP contribution in [0, 0.1) is 12.7 Å². The number of hydrogen-bond acceptors (Lipinski definition) is 4. The van der Waals surface area contributed by atoms with E-state index in [0.29, 0.717) is 5.69 Å². The van der Waals surface area contributed by atoms with E-state index in [-0.39, 0.29) is 11.4 Å². The first kappa shape index (κ1) is 14.8. The Morgan fingerprint density at radius 2 is 1.70 bits per heavy atom. The summed E-state index contributed by atoms with van der Waals surface area (Å²) >= 11 is 0. The minimum atomic E-state index is -0.805. The first-order valence-electron chi connectivity index (χ1n) is 7.01. The van der Waals surface area contributed by atoms with Gasteiger partial charge in [-0.1, -0.05) is 42.0 Å². The third-order valence-corrected chi connectivity index (χ3v) is 3.28. The molecule has 4 nitrogen and oxygen atoms in total. The molecular weight excluding hydrogens is 295 g/mol. The zero-order valence-corrected chi connectivity index (χ0v) is 12.4. The number of carbonyl (C=O) groups is 1. The van der Waals surface area contributed by atoms with E-state index in [1.165, 1.54) is 24.3 Å². The van der Waals surface area contributed by atoms with Gasteiger partial charge in [0.05, 0.1) is 11.3 Å². The van der Waals surface area contributed by atoms with Gasteiger partial charge in [0.1, 0.15) is 5.82 Å². The average Bonchev–Trinajstić information content (AvgIpc) is 2.57. The van der Waals surface area contributed by atoms with Crippen LogP contribution in [-0.4, -0.2) is 16.2 Å². The molecule has 1 heterocycles. The maximum absolute atomic E-state index is 13.5. The normalized spacial score (nSPS) is 10.3. The molecule has 23 heavy (non-hydrogen) atoms. The Morgan fingerprint density at radius 1 is 0.957 bits per heavy atom. The van der Waals surface area contributed by atoms with Crippen LogP contribution in [0.25, 0.3) is 11.3 Å². The molecule has 3 rings (SSSR count). The van der Waals surface area contributed by atoms with E-state index < -0.39 is 11.8 Å². The van der Waals surface area contributed by atoms with Crippen LogP contribution in [0.2, 0.25) is 0 Å². The van der Waals surface area contributed by atoms with Crippen molar-refractivity contribution in [2.75, 3.05) is 0 Å². The third kappa shape index (κ3) is 3.40. The molecule has 1 aromatic heterocycles. The molecule has 0 N–H and O–H groups in total. The molecule has 0 atom stereocenters. The molecule has 0 bridgehead atoms. The fourth-order valence-corrected chi connectivity index (χ4v) is 2.03. The fourth-order valence-electron chi connectivity index (χ4n) is 2.03. The molecule has 0 saturated heterocycles. The van der Waals surface area contributed by atoms with Crippen molar-refractivity contribution < 1.29 is 13.9 Å². The van der Waals surface area contributed by atoms with Crippen LogP contribution in [-0.2, 0) is 0 Å². The van der Waals surface area contributed by atoms with Crippen molar-refractivity contribution in [3.63, 3.8) is 0 Å². The van der Waals surface area contributed by atoms with Crippen molar-refractivity contribution >= 4 is 5.97 Å². The zero-order chi connectivity index (χ0) is 16.2. The second kappa shape index (κ2) is 6.36. The lowest BCUT2D eigenvalue weighted by atomic mass is 10.1. The Morgan fingerprint density at radius 3 is 2.35 bits per heavy atom. The minimum absolute atomic E-state index is 0.0223. The number of aryl methyl sites for hydroxylation is 1. The van der Waals surface area contributed by atoms with Gasteiger partial charge in [0.2, 0.25) is 5.88 Å². The van der Waals surface area contributed by atoms with Gasteiger partial charge in [-0.2, -0.15) is 0 Å². The summed E-state index contributed by atoms with van der Waals surface area (Å²) in [5.41, 5.74) is 2.58. The van der Waals surface area contributed by atoms with Crippen molar-refractivity contribution in [3.8, 4) is 17.1 Å². The number of nitrogens with zero attached hydrogens (tertiary/aromatic N) is 2. The van der Waals surface area contributed by atoms with Crippen molar-refractivity contribution in [2.45, 2.75) is 6.92 Å². The molecule has 0 unspecified atom stereocenters. The summed E-state index contributed by atoms with van der Waals surface area (Å²) in [5.74, 6) is -1.42. The predicted molar refractivity (Wildman–Crippen MR) is 83.6 cm³/mol. The van der Waals surface area contributed by atoms with Crippen LogP contribution in [0.15, 0.2) is 60.7 Å². The summed E-state index contributed by atoms with van der Waals surface area (Å²) < 4.78 is 18.6. The van der Waals surface area contributed by atoms with E-state index in [1.54, 1.807) is 12.1 Å². The van der Waals surface area contributed by atoms with Gasteiger partial charge in [-0.3, -0.25) is 0 Å². The Labute approximate surface area is 132 Å². The molecule has 0 saturated carbocycles. The smallest absolute Gasteiger partial charge is 0.347 e. The zero-order valence-electron chi connectivity index (χ0n) is 12.4.